The van der Waals surface area contributed by atoms with Crippen molar-refractivity contribution in [3.63, 3.8) is 0 Å². The van der Waals surface area contributed by atoms with E-state index in [1.807, 2.05) is 12.1 Å². The van der Waals surface area contributed by atoms with Crippen molar-refractivity contribution < 1.29 is 14.6 Å². The minimum Gasteiger partial charge on any atom is -0.496 e. The standard InChI is InChI=1S/C12H15BrO3/c1-8(14)4-5-10-11(15-2)6-9(13)7-12(10)16-3/h4-8,14H,1-3H3/b5-4+. The molecule has 0 spiro atoms. The molecular formula is C12H15BrO3. The van der Waals surface area contributed by atoms with Crippen molar-refractivity contribution in [1.29, 1.82) is 0 Å². The number of aliphatic hydroxyl groups excluding tert-OH is 1. The quantitative estimate of drug-likeness (QED) is 0.925. The second kappa shape index (κ2) is 5.92. The lowest BCUT2D eigenvalue weighted by molar-refractivity contribution is 0.245. The summed E-state index contributed by atoms with van der Waals surface area (Å²) in [6, 6.07) is 3.70. The summed E-state index contributed by atoms with van der Waals surface area (Å²) in [7, 11) is 3.20. The number of benzene rings is 1. The summed E-state index contributed by atoms with van der Waals surface area (Å²) in [5.74, 6) is 1.39. The fourth-order valence-corrected chi connectivity index (χ4v) is 1.72. The van der Waals surface area contributed by atoms with Crippen LogP contribution in [0, 0.1) is 0 Å². The van der Waals surface area contributed by atoms with Crippen LogP contribution in [0.2, 0.25) is 0 Å². The van der Waals surface area contributed by atoms with Gasteiger partial charge in [0.2, 0.25) is 0 Å². The summed E-state index contributed by atoms with van der Waals surface area (Å²) in [6.07, 6.45) is 2.96. The first-order valence-corrected chi connectivity index (χ1v) is 5.65. The lowest BCUT2D eigenvalue weighted by atomic mass is 10.1. The predicted molar refractivity (Wildman–Crippen MR) is 68.0 cm³/mol. The molecule has 0 saturated carbocycles. The third-order valence-corrected chi connectivity index (χ3v) is 2.51. The van der Waals surface area contributed by atoms with Crippen molar-refractivity contribution in [2.75, 3.05) is 14.2 Å². The summed E-state index contributed by atoms with van der Waals surface area (Å²) in [4.78, 5) is 0. The molecule has 1 atom stereocenters. The Bertz CT molecular complexity index is 361. The second-order valence-corrected chi connectivity index (χ2v) is 4.24. The molecule has 1 aromatic carbocycles. The van der Waals surface area contributed by atoms with Crippen LogP contribution in [-0.2, 0) is 0 Å². The average molecular weight is 287 g/mol. The summed E-state index contributed by atoms with van der Waals surface area (Å²) in [5, 5.41) is 9.22. The van der Waals surface area contributed by atoms with E-state index in [0.717, 1.165) is 10.0 Å². The molecule has 4 heteroatoms. The van der Waals surface area contributed by atoms with E-state index in [1.54, 1.807) is 33.3 Å². The fourth-order valence-electron chi connectivity index (χ4n) is 1.31. The van der Waals surface area contributed by atoms with Crippen LogP contribution in [0.25, 0.3) is 6.08 Å². The highest BCUT2D eigenvalue weighted by Crippen LogP contribution is 2.33. The Kier molecular flexibility index (Phi) is 4.83. The maximum Gasteiger partial charge on any atom is 0.130 e. The third-order valence-electron chi connectivity index (χ3n) is 2.05. The maximum absolute atomic E-state index is 9.22. The number of rotatable bonds is 4. The lowest BCUT2D eigenvalue weighted by Crippen LogP contribution is -1.95. The van der Waals surface area contributed by atoms with Gasteiger partial charge in [-0.15, -0.1) is 0 Å². The van der Waals surface area contributed by atoms with E-state index in [4.69, 9.17) is 9.47 Å². The summed E-state index contributed by atoms with van der Waals surface area (Å²) < 4.78 is 11.4. The van der Waals surface area contributed by atoms with Gasteiger partial charge in [-0.05, 0) is 25.1 Å². The molecule has 0 aliphatic rings. The van der Waals surface area contributed by atoms with Crippen molar-refractivity contribution in [2.45, 2.75) is 13.0 Å². The van der Waals surface area contributed by atoms with Gasteiger partial charge in [-0.2, -0.15) is 0 Å². The van der Waals surface area contributed by atoms with Gasteiger partial charge in [0.1, 0.15) is 11.5 Å². The largest absolute Gasteiger partial charge is 0.496 e. The van der Waals surface area contributed by atoms with Gasteiger partial charge < -0.3 is 14.6 Å². The van der Waals surface area contributed by atoms with Gasteiger partial charge in [0.05, 0.1) is 25.9 Å². The van der Waals surface area contributed by atoms with Crippen molar-refractivity contribution in [3.05, 3.63) is 28.2 Å². The SMILES string of the molecule is COc1cc(Br)cc(OC)c1/C=C/C(C)O. The van der Waals surface area contributed by atoms with Crippen molar-refractivity contribution in [1.82, 2.24) is 0 Å². The van der Waals surface area contributed by atoms with Crippen LogP contribution in [0.3, 0.4) is 0 Å². The zero-order valence-electron chi connectivity index (χ0n) is 9.53. The number of ether oxygens (including phenoxy) is 2. The van der Waals surface area contributed by atoms with E-state index in [-0.39, 0.29) is 0 Å². The molecule has 0 heterocycles. The van der Waals surface area contributed by atoms with E-state index >= 15 is 0 Å². The van der Waals surface area contributed by atoms with Gasteiger partial charge in [0, 0.05) is 4.47 Å². The predicted octanol–water partition coefficient (Wildman–Crippen LogP) is 2.86. The lowest BCUT2D eigenvalue weighted by Gasteiger charge is -2.11. The molecule has 0 bridgehead atoms. The number of hydrogen-bond acceptors (Lipinski definition) is 3. The highest BCUT2D eigenvalue weighted by molar-refractivity contribution is 9.10. The van der Waals surface area contributed by atoms with Crippen LogP contribution >= 0.6 is 15.9 Å². The van der Waals surface area contributed by atoms with Crippen LogP contribution in [-0.4, -0.2) is 25.4 Å². The normalized spacial score (nSPS) is 12.8. The Hall–Kier alpha value is -1.00. The molecule has 1 aromatic rings. The van der Waals surface area contributed by atoms with E-state index in [0.29, 0.717) is 11.5 Å². The molecule has 0 fully saturated rings. The van der Waals surface area contributed by atoms with Crippen LogP contribution in [0.4, 0.5) is 0 Å². The number of hydrogen-bond donors (Lipinski definition) is 1. The highest BCUT2D eigenvalue weighted by Gasteiger charge is 2.09. The average Bonchev–Trinajstić information content (AvgIpc) is 2.25. The van der Waals surface area contributed by atoms with Gasteiger partial charge in [-0.1, -0.05) is 22.0 Å². The van der Waals surface area contributed by atoms with E-state index in [1.165, 1.54) is 0 Å². The van der Waals surface area contributed by atoms with Crippen LogP contribution in [0.1, 0.15) is 12.5 Å². The van der Waals surface area contributed by atoms with Gasteiger partial charge in [0.15, 0.2) is 0 Å². The van der Waals surface area contributed by atoms with Crippen LogP contribution < -0.4 is 9.47 Å². The molecule has 0 radical (unpaired) electrons. The van der Waals surface area contributed by atoms with E-state index < -0.39 is 6.10 Å². The van der Waals surface area contributed by atoms with Crippen molar-refractivity contribution in [2.24, 2.45) is 0 Å². The first-order valence-electron chi connectivity index (χ1n) is 4.86. The van der Waals surface area contributed by atoms with Gasteiger partial charge in [0.25, 0.3) is 0 Å². The molecule has 0 aliphatic carbocycles. The monoisotopic (exact) mass is 286 g/mol. The Morgan fingerprint density at radius 3 is 2.12 bits per heavy atom. The summed E-state index contributed by atoms with van der Waals surface area (Å²) in [5.41, 5.74) is 0.814. The Morgan fingerprint density at radius 2 is 1.75 bits per heavy atom. The molecule has 0 amide bonds. The molecule has 1 rings (SSSR count). The maximum atomic E-state index is 9.22. The van der Waals surface area contributed by atoms with Crippen LogP contribution in [0.5, 0.6) is 11.5 Å². The fraction of sp³-hybridized carbons (Fsp3) is 0.333. The topological polar surface area (TPSA) is 38.7 Å². The molecule has 1 N–H and O–H groups in total. The molecular weight excluding hydrogens is 272 g/mol. The van der Waals surface area contributed by atoms with E-state index in [9.17, 15) is 5.11 Å². The Labute approximate surface area is 104 Å². The molecule has 1 unspecified atom stereocenters. The molecule has 3 nitrogen and oxygen atoms in total. The zero-order valence-corrected chi connectivity index (χ0v) is 11.1. The van der Waals surface area contributed by atoms with Crippen molar-refractivity contribution >= 4 is 22.0 Å². The van der Waals surface area contributed by atoms with Crippen molar-refractivity contribution in [3.8, 4) is 11.5 Å². The summed E-state index contributed by atoms with van der Waals surface area (Å²) in [6.45, 7) is 1.69. The third kappa shape index (κ3) is 3.25. The minimum atomic E-state index is -0.502. The second-order valence-electron chi connectivity index (χ2n) is 3.32. The molecule has 16 heavy (non-hydrogen) atoms. The Balaban J connectivity index is 3.22. The minimum absolute atomic E-state index is 0.502. The molecule has 0 saturated heterocycles. The molecule has 0 aromatic heterocycles. The highest BCUT2D eigenvalue weighted by atomic mass is 79.9. The zero-order chi connectivity index (χ0) is 12.1. The Morgan fingerprint density at radius 1 is 1.25 bits per heavy atom. The van der Waals surface area contributed by atoms with Gasteiger partial charge in [-0.3, -0.25) is 0 Å². The van der Waals surface area contributed by atoms with Gasteiger partial charge >= 0.3 is 0 Å². The van der Waals surface area contributed by atoms with E-state index in [2.05, 4.69) is 15.9 Å². The molecule has 88 valence electrons. The van der Waals surface area contributed by atoms with Gasteiger partial charge in [-0.25, -0.2) is 0 Å². The molecule has 0 aliphatic heterocycles. The first-order chi connectivity index (χ1) is 7.58. The number of halogens is 1. The number of methoxy groups -OCH3 is 2. The first kappa shape index (κ1) is 13.1. The van der Waals surface area contributed by atoms with Crippen LogP contribution in [0.15, 0.2) is 22.7 Å². The number of aliphatic hydroxyl groups is 1. The smallest absolute Gasteiger partial charge is 0.130 e. The summed E-state index contributed by atoms with van der Waals surface area (Å²) >= 11 is 3.38.